The second-order valence-corrected chi connectivity index (χ2v) is 5.96. The van der Waals surface area contributed by atoms with Gasteiger partial charge in [0.05, 0.1) is 6.61 Å². The summed E-state index contributed by atoms with van der Waals surface area (Å²) in [6, 6.07) is 4.55. The van der Waals surface area contributed by atoms with Crippen LogP contribution in [0.15, 0.2) is 12.1 Å². The highest BCUT2D eigenvalue weighted by atomic mass is 35.5. The van der Waals surface area contributed by atoms with Gasteiger partial charge in [0.2, 0.25) is 0 Å². The fraction of sp³-hybridized carbons (Fsp3) is 0.600. The molecule has 1 atom stereocenters. The van der Waals surface area contributed by atoms with Crippen molar-refractivity contribution in [3.8, 4) is 5.75 Å². The van der Waals surface area contributed by atoms with Gasteiger partial charge in [0.15, 0.2) is 6.79 Å². The Labute approximate surface area is 125 Å². The molecule has 4 nitrogen and oxygen atoms in total. The van der Waals surface area contributed by atoms with Crippen LogP contribution in [0.1, 0.15) is 24.0 Å². The third-order valence-electron chi connectivity index (χ3n) is 4.06. The third-order valence-corrected chi connectivity index (χ3v) is 4.28. The van der Waals surface area contributed by atoms with Gasteiger partial charge < -0.3 is 14.8 Å². The summed E-state index contributed by atoms with van der Waals surface area (Å²) in [5.41, 5.74) is 2.23. The van der Waals surface area contributed by atoms with Crippen molar-refractivity contribution in [1.29, 1.82) is 0 Å². The number of halogens is 1. The quantitative estimate of drug-likeness (QED) is 0.929. The Morgan fingerprint density at radius 1 is 1.45 bits per heavy atom. The van der Waals surface area contributed by atoms with Crippen LogP contribution >= 0.6 is 11.6 Å². The predicted molar refractivity (Wildman–Crippen MR) is 79.1 cm³/mol. The summed E-state index contributed by atoms with van der Waals surface area (Å²) in [5.74, 6) is 0.965. The molecule has 110 valence electrons. The van der Waals surface area contributed by atoms with Crippen molar-refractivity contribution in [3.05, 3.63) is 28.3 Å². The molecule has 1 fully saturated rings. The summed E-state index contributed by atoms with van der Waals surface area (Å²) in [5, 5.41) is 4.13. The second kappa shape index (κ2) is 6.31. The molecule has 0 aromatic heterocycles. The Morgan fingerprint density at radius 2 is 2.35 bits per heavy atom. The van der Waals surface area contributed by atoms with E-state index in [0.717, 1.165) is 36.0 Å². The molecule has 3 rings (SSSR count). The van der Waals surface area contributed by atoms with Gasteiger partial charge in [-0.3, -0.25) is 4.90 Å². The van der Waals surface area contributed by atoms with E-state index < -0.39 is 0 Å². The molecule has 0 bridgehead atoms. The summed E-state index contributed by atoms with van der Waals surface area (Å²) in [4.78, 5) is 2.47. The zero-order chi connectivity index (χ0) is 13.9. The lowest BCUT2D eigenvalue weighted by molar-refractivity contribution is -0.0175. The van der Waals surface area contributed by atoms with Crippen molar-refractivity contribution in [2.75, 3.05) is 26.9 Å². The van der Waals surface area contributed by atoms with Gasteiger partial charge in [-0.15, -0.1) is 0 Å². The molecule has 20 heavy (non-hydrogen) atoms. The molecule has 0 saturated carbocycles. The van der Waals surface area contributed by atoms with Crippen LogP contribution in [0.3, 0.4) is 0 Å². The summed E-state index contributed by atoms with van der Waals surface area (Å²) >= 11 is 6.21. The molecule has 1 saturated heterocycles. The number of nitrogens with zero attached hydrogens (tertiary/aromatic N) is 1. The Kier molecular flexibility index (Phi) is 4.46. The largest absolute Gasteiger partial charge is 0.467 e. The second-order valence-electron chi connectivity index (χ2n) is 5.53. The summed E-state index contributed by atoms with van der Waals surface area (Å²) < 4.78 is 11.0. The maximum Gasteiger partial charge on any atom is 0.189 e. The standard InChI is InChI=1S/C15H21ClN2O2/c1-17-14-3-2-4-18(8-14)7-11-5-13(16)6-12-9-19-10-20-15(11)12/h5-6,14,17H,2-4,7-10H2,1H3. The number of nitrogens with one attached hydrogen (secondary N) is 1. The van der Waals surface area contributed by atoms with E-state index in [0.29, 0.717) is 19.4 Å². The zero-order valence-corrected chi connectivity index (χ0v) is 12.6. The fourth-order valence-corrected chi connectivity index (χ4v) is 3.31. The Balaban J connectivity index is 1.78. The summed E-state index contributed by atoms with van der Waals surface area (Å²) in [7, 11) is 2.04. The maximum atomic E-state index is 6.21. The summed E-state index contributed by atoms with van der Waals surface area (Å²) in [6.07, 6.45) is 2.49. The van der Waals surface area contributed by atoms with Gasteiger partial charge in [-0.05, 0) is 38.6 Å². The number of fused-ring (bicyclic) bond motifs is 1. The van der Waals surface area contributed by atoms with Crippen molar-refractivity contribution < 1.29 is 9.47 Å². The van der Waals surface area contributed by atoms with Crippen molar-refractivity contribution in [3.63, 3.8) is 0 Å². The topological polar surface area (TPSA) is 33.7 Å². The molecular weight excluding hydrogens is 276 g/mol. The number of ether oxygens (including phenoxy) is 2. The van der Waals surface area contributed by atoms with Crippen LogP contribution < -0.4 is 10.1 Å². The van der Waals surface area contributed by atoms with Gasteiger partial charge in [-0.2, -0.15) is 0 Å². The van der Waals surface area contributed by atoms with Gasteiger partial charge in [0.1, 0.15) is 5.75 Å². The van der Waals surface area contributed by atoms with Crippen LogP contribution in [0.25, 0.3) is 0 Å². The minimum Gasteiger partial charge on any atom is -0.467 e. The normalized spacial score (nSPS) is 23.2. The van der Waals surface area contributed by atoms with Gasteiger partial charge in [-0.1, -0.05) is 11.6 Å². The highest BCUT2D eigenvalue weighted by Gasteiger charge is 2.22. The van der Waals surface area contributed by atoms with E-state index in [1.165, 1.54) is 18.4 Å². The molecule has 2 aliphatic rings. The third kappa shape index (κ3) is 3.09. The number of piperidine rings is 1. The van der Waals surface area contributed by atoms with Gasteiger partial charge in [0.25, 0.3) is 0 Å². The van der Waals surface area contributed by atoms with Gasteiger partial charge >= 0.3 is 0 Å². The van der Waals surface area contributed by atoms with Crippen LogP contribution in [0.4, 0.5) is 0 Å². The summed E-state index contributed by atoms with van der Waals surface area (Å²) in [6.45, 7) is 4.02. The lowest BCUT2D eigenvalue weighted by atomic mass is 10.0. The van der Waals surface area contributed by atoms with Crippen molar-refractivity contribution in [2.24, 2.45) is 0 Å². The molecule has 0 spiro atoms. The first-order valence-electron chi connectivity index (χ1n) is 7.17. The number of rotatable bonds is 3. The van der Waals surface area contributed by atoms with E-state index in [2.05, 4.69) is 10.2 Å². The molecular formula is C15H21ClN2O2. The molecule has 1 N–H and O–H groups in total. The molecule has 1 unspecified atom stereocenters. The average Bonchev–Trinajstić information content (AvgIpc) is 2.47. The molecule has 2 heterocycles. The molecule has 5 heteroatoms. The average molecular weight is 297 g/mol. The number of likely N-dealkylation sites (tertiary alicyclic amines) is 1. The highest BCUT2D eigenvalue weighted by Crippen LogP contribution is 2.32. The van der Waals surface area contributed by atoms with Crippen LogP contribution in [-0.4, -0.2) is 37.9 Å². The Bertz CT molecular complexity index is 481. The first kappa shape index (κ1) is 14.1. The molecule has 1 aromatic rings. The van der Waals surface area contributed by atoms with Crippen molar-refractivity contribution in [2.45, 2.75) is 32.0 Å². The number of benzene rings is 1. The van der Waals surface area contributed by atoms with Crippen LogP contribution in [0, 0.1) is 0 Å². The van der Waals surface area contributed by atoms with E-state index in [-0.39, 0.29) is 0 Å². The van der Waals surface area contributed by atoms with Crippen LogP contribution in [-0.2, 0) is 17.9 Å². The lowest BCUT2D eigenvalue weighted by Crippen LogP contribution is -2.43. The van der Waals surface area contributed by atoms with Gasteiger partial charge in [0, 0.05) is 35.3 Å². The van der Waals surface area contributed by atoms with E-state index in [4.69, 9.17) is 21.1 Å². The SMILES string of the molecule is CNC1CCCN(Cc2cc(Cl)cc3c2OCOC3)C1. The fourth-order valence-electron chi connectivity index (χ4n) is 3.05. The smallest absolute Gasteiger partial charge is 0.189 e. The minimum absolute atomic E-state index is 0.334. The highest BCUT2D eigenvalue weighted by molar-refractivity contribution is 6.30. The number of likely N-dealkylation sites (N-methyl/N-ethyl adjacent to an activating group) is 1. The first-order valence-corrected chi connectivity index (χ1v) is 7.55. The molecule has 1 aromatic carbocycles. The van der Waals surface area contributed by atoms with Gasteiger partial charge in [-0.25, -0.2) is 0 Å². The van der Waals surface area contributed by atoms with Crippen molar-refractivity contribution >= 4 is 11.6 Å². The van der Waals surface area contributed by atoms with Crippen LogP contribution in [0.2, 0.25) is 5.02 Å². The van der Waals surface area contributed by atoms with E-state index in [9.17, 15) is 0 Å². The maximum absolute atomic E-state index is 6.21. The number of hydrogen-bond acceptors (Lipinski definition) is 4. The van der Waals surface area contributed by atoms with Crippen LogP contribution in [0.5, 0.6) is 5.75 Å². The minimum atomic E-state index is 0.334. The van der Waals surface area contributed by atoms with Crippen molar-refractivity contribution in [1.82, 2.24) is 10.2 Å². The van der Waals surface area contributed by atoms with E-state index in [1.807, 2.05) is 19.2 Å². The van der Waals surface area contributed by atoms with E-state index >= 15 is 0 Å². The first-order chi connectivity index (χ1) is 9.76. The number of hydrogen-bond donors (Lipinski definition) is 1. The predicted octanol–water partition coefficient (Wildman–Crippen LogP) is 2.39. The molecule has 0 aliphatic carbocycles. The van der Waals surface area contributed by atoms with E-state index in [1.54, 1.807) is 0 Å². The molecule has 0 amide bonds. The lowest BCUT2D eigenvalue weighted by Gasteiger charge is -2.33. The monoisotopic (exact) mass is 296 g/mol. The Morgan fingerprint density at radius 3 is 3.20 bits per heavy atom. The molecule has 2 aliphatic heterocycles. The zero-order valence-electron chi connectivity index (χ0n) is 11.8. The Hall–Kier alpha value is -0.810. The molecule has 0 radical (unpaired) electrons.